The summed E-state index contributed by atoms with van der Waals surface area (Å²) in [5.41, 5.74) is 1.11. The molecule has 0 aliphatic rings. The van der Waals surface area contributed by atoms with Gasteiger partial charge in [-0.2, -0.15) is 0 Å². The standard InChI is InChI=1S/C14H13ClN2/c1-2-13(11-6-8-12(15)9-7-11)17-14-5-3-4-10-16-14/h2-10,13H,1H2,(H,16,17). The van der Waals surface area contributed by atoms with Crippen molar-refractivity contribution in [3.05, 3.63) is 71.9 Å². The van der Waals surface area contributed by atoms with Crippen molar-refractivity contribution in [2.24, 2.45) is 0 Å². The molecule has 1 heterocycles. The lowest BCUT2D eigenvalue weighted by Gasteiger charge is -2.15. The van der Waals surface area contributed by atoms with Crippen molar-refractivity contribution in [1.29, 1.82) is 0 Å². The second-order valence-corrected chi connectivity index (χ2v) is 4.06. The molecule has 2 aromatic rings. The van der Waals surface area contributed by atoms with Crippen molar-refractivity contribution in [3.8, 4) is 0 Å². The first kappa shape index (κ1) is 11.7. The number of nitrogens with zero attached hydrogens (tertiary/aromatic N) is 1. The molecular formula is C14H13ClN2. The largest absolute Gasteiger partial charge is 0.360 e. The van der Waals surface area contributed by atoms with Gasteiger partial charge < -0.3 is 5.32 Å². The minimum Gasteiger partial charge on any atom is -0.360 e. The monoisotopic (exact) mass is 244 g/mol. The van der Waals surface area contributed by atoms with Crippen LogP contribution in [0.25, 0.3) is 0 Å². The van der Waals surface area contributed by atoms with E-state index in [1.165, 1.54) is 0 Å². The van der Waals surface area contributed by atoms with Crippen LogP contribution in [0, 0.1) is 0 Å². The van der Waals surface area contributed by atoms with Gasteiger partial charge in [0.1, 0.15) is 5.82 Å². The quantitative estimate of drug-likeness (QED) is 0.820. The Morgan fingerprint density at radius 3 is 2.53 bits per heavy atom. The Labute approximate surface area is 106 Å². The topological polar surface area (TPSA) is 24.9 Å². The van der Waals surface area contributed by atoms with Crippen LogP contribution in [0.2, 0.25) is 5.02 Å². The zero-order chi connectivity index (χ0) is 12.1. The van der Waals surface area contributed by atoms with Crippen molar-refractivity contribution in [3.63, 3.8) is 0 Å². The van der Waals surface area contributed by atoms with E-state index in [4.69, 9.17) is 11.6 Å². The van der Waals surface area contributed by atoms with Gasteiger partial charge in [-0.25, -0.2) is 4.98 Å². The van der Waals surface area contributed by atoms with Gasteiger partial charge in [-0.05, 0) is 29.8 Å². The molecule has 0 saturated heterocycles. The first-order valence-corrected chi connectivity index (χ1v) is 5.73. The van der Waals surface area contributed by atoms with Gasteiger partial charge in [0.2, 0.25) is 0 Å². The maximum atomic E-state index is 5.86. The number of aromatic nitrogens is 1. The third-order valence-electron chi connectivity index (χ3n) is 2.43. The molecule has 2 rings (SSSR count). The number of halogens is 1. The van der Waals surface area contributed by atoms with Crippen molar-refractivity contribution >= 4 is 17.4 Å². The van der Waals surface area contributed by atoms with E-state index in [9.17, 15) is 0 Å². The van der Waals surface area contributed by atoms with Crippen LogP contribution in [0.1, 0.15) is 11.6 Å². The molecule has 0 saturated carbocycles. The lowest BCUT2D eigenvalue weighted by Crippen LogP contribution is -2.08. The van der Waals surface area contributed by atoms with Crippen LogP contribution in [0.3, 0.4) is 0 Å². The second-order valence-electron chi connectivity index (χ2n) is 3.62. The Kier molecular flexibility index (Phi) is 3.78. The molecule has 1 unspecified atom stereocenters. The molecule has 3 heteroatoms. The SMILES string of the molecule is C=CC(Nc1ccccn1)c1ccc(Cl)cc1. The molecule has 17 heavy (non-hydrogen) atoms. The number of hydrogen-bond acceptors (Lipinski definition) is 2. The van der Waals surface area contributed by atoms with Gasteiger partial charge in [0, 0.05) is 11.2 Å². The van der Waals surface area contributed by atoms with Crippen LogP contribution >= 0.6 is 11.6 Å². The molecule has 0 aliphatic carbocycles. The predicted octanol–water partition coefficient (Wildman–Crippen LogP) is 4.07. The number of hydrogen-bond donors (Lipinski definition) is 1. The molecule has 2 nitrogen and oxygen atoms in total. The molecule has 0 radical (unpaired) electrons. The average Bonchev–Trinajstić information content (AvgIpc) is 2.38. The van der Waals surface area contributed by atoms with Crippen molar-refractivity contribution < 1.29 is 0 Å². The Morgan fingerprint density at radius 1 is 1.18 bits per heavy atom. The van der Waals surface area contributed by atoms with Gasteiger partial charge in [0.15, 0.2) is 0 Å². The van der Waals surface area contributed by atoms with Gasteiger partial charge in [-0.1, -0.05) is 35.9 Å². The van der Waals surface area contributed by atoms with E-state index in [-0.39, 0.29) is 6.04 Å². The van der Waals surface area contributed by atoms with Crippen LogP contribution < -0.4 is 5.32 Å². The van der Waals surface area contributed by atoms with Crippen molar-refractivity contribution in [1.82, 2.24) is 4.98 Å². The molecule has 1 atom stereocenters. The lowest BCUT2D eigenvalue weighted by molar-refractivity contribution is 0.971. The summed E-state index contributed by atoms with van der Waals surface area (Å²) in [5, 5.41) is 4.02. The summed E-state index contributed by atoms with van der Waals surface area (Å²) in [7, 11) is 0. The highest BCUT2D eigenvalue weighted by molar-refractivity contribution is 6.30. The highest BCUT2D eigenvalue weighted by Gasteiger charge is 2.07. The number of anilines is 1. The fourth-order valence-electron chi connectivity index (χ4n) is 1.56. The first-order chi connectivity index (χ1) is 8.29. The van der Waals surface area contributed by atoms with Crippen molar-refractivity contribution in [2.75, 3.05) is 5.32 Å². The van der Waals surface area contributed by atoms with Gasteiger partial charge in [-0.3, -0.25) is 0 Å². The van der Waals surface area contributed by atoms with Gasteiger partial charge in [0.25, 0.3) is 0 Å². The van der Waals surface area contributed by atoms with Crippen LogP contribution in [-0.4, -0.2) is 4.98 Å². The van der Waals surface area contributed by atoms with E-state index in [2.05, 4.69) is 16.9 Å². The highest BCUT2D eigenvalue weighted by Crippen LogP contribution is 2.20. The molecular weight excluding hydrogens is 232 g/mol. The summed E-state index contributed by atoms with van der Waals surface area (Å²) in [6, 6.07) is 13.5. The third-order valence-corrected chi connectivity index (χ3v) is 2.69. The lowest BCUT2D eigenvalue weighted by atomic mass is 10.1. The van der Waals surface area contributed by atoms with Crippen LogP contribution in [0.5, 0.6) is 0 Å². The Morgan fingerprint density at radius 2 is 1.94 bits per heavy atom. The van der Waals surface area contributed by atoms with E-state index < -0.39 is 0 Å². The van der Waals surface area contributed by atoms with Crippen LogP contribution in [0.4, 0.5) is 5.82 Å². The van der Waals surface area contributed by atoms with E-state index in [0.717, 1.165) is 16.4 Å². The molecule has 1 aromatic heterocycles. The Bertz CT molecular complexity index is 479. The van der Waals surface area contributed by atoms with Gasteiger partial charge in [0.05, 0.1) is 6.04 Å². The average molecular weight is 245 g/mol. The fraction of sp³-hybridized carbons (Fsp3) is 0.0714. The minimum atomic E-state index is 0.0298. The zero-order valence-electron chi connectivity index (χ0n) is 9.31. The second kappa shape index (κ2) is 5.51. The summed E-state index contributed by atoms with van der Waals surface area (Å²) >= 11 is 5.86. The molecule has 1 N–H and O–H groups in total. The summed E-state index contributed by atoms with van der Waals surface area (Å²) < 4.78 is 0. The zero-order valence-corrected chi connectivity index (χ0v) is 10.1. The normalized spacial score (nSPS) is 11.8. The molecule has 1 aromatic carbocycles. The molecule has 86 valence electrons. The number of rotatable bonds is 4. The van der Waals surface area contributed by atoms with Crippen molar-refractivity contribution in [2.45, 2.75) is 6.04 Å². The molecule has 0 spiro atoms. The van der Waals surface area contributed by atoms with E-state index in [1.54, 1.807) is 6.20 Å². The van der Waals surface area contributed by atoms with E-state index in [1.807, 2.05) is 48.5 Å². The minimum absolute atomic E-state index is 0.0298. The van der Waals surface area contributed by atoms with E-state index >= 15 is 0 Å². The molecule has 0 aliphatic heterocycles. The number of benzene rings is 1. The number of nitrogens with one attached hydrogen (secondary N) is 1. The van der Waals surface area contributed by atoms with Gasteiger partial charge in [-0.15, -0.1) is 6.58 Å². The summed E-state index contributed by atoms with van der Waals surface area (Å²) in [5.74, 6) is 0.826. The van der Waals surface area contributed by atoms with Gasteiger partial charge >= 0.3 is 0 Å². The molecule has 0 bridgehead atoms. The maximum Gasteiger partial charge on any atom is 0.126 e. The molecule has 0 fully saturated rings. The number of pyridine rings is 1. The Hall–Kier alpha value is -1.80. The summed E-state index contributed by atoms with van der Waals surface area (Å²) in [4.78, 5) is 4.22. The first-order valence-electron chi connectivity index (χ1n) is 5.35. The van der Waals surface area contributed by atoms with E-state index in [0.29, 0.717) is 0 Å². The maximum absolute atomic E-state index is 5.86. The predicted molar refractivity (Wildman–Crippen MR) is 72.2 cm³/mol. The summed E-state index contributed by atoms with van der Waals surface area (Å²) in [6.45, 7) is 3.83. The molecule has 0 amide bonds. The summed E-state index contributed by atoms with van der Waals surface area (Å²) in [6.07, 6.45) is 3.60. The van der Waals surface area contributed by atoms with Crippen LogP contribution in [0.15, 0.2) is 61.3 Å². The smallest absolute Gasteiger partial charge is 0.126 e. The Balaban J connectivity index is 2.17. The fourth-order valence-corrected chi connectivity index (χ4v) is 1.68. The highest BCUT2D eigenvalue weighted by atomic mass is 35.5. The third kappa shape index (κ3) is 3.08. The van der Waals surface area contributed by atoms with Crippen LogP contribution in [-0.2, 0) is 0 Å².